The summed E-state index contributed by atoms with van der Waals surface area (Å²) in [4.78, 5) is 12.2. The standard InChI is InChI=1S/C15H23NO2/c1-6-18-14(17)15(5,16-11(2)3)13-9-7-12(4)8-10-13/h7-11,16H,6H2,1-5H3. The van der Waals surface area contributed by atoms with Gasteiger partial charge in [0.1, 0.15) is 5.54 Å². The maximum Gasteiger partial charge on any atom is 0.330 e. The first-order valence-electron chi connectivity index (χ1n) is 6.42. The Hall–Kier alpha value is -1.35. The molecular weight excluding hydrogens is 226 g/mol. The van der Waals surface area contributed by atoms with Crippen LogP contribution in [0.3, 0.4) is 0 Å². The maximum atomic E-state index is 12.2. The van der Waals surface area contributed by atoms with E-state index in [2.05, 4.69) is 5.32 Å². The number of hydrogen-bond donors (Lipinski definition) is 1. The van der Waals surface area contributed by atoms with Crippen LogP contribution >= 0.6 is 0 Å². The first kappa shape index (κ1) is 14.7. The lowest BCUT2D eigenvalue weighted by molar-refractivity contribution is -0.151. The van der Waals surface area contributed by atoms with Crippen LogP contribution in [0, 0.1) is 6.92 Å². The molecule has 0 fully saturated rings. The van der Waals surface area contributed by atoms with Gasteiger partial charge in [0.15, 0.2) is 0 Å². The molecule has 0 aromatic heterocycles. The topological polar surface area (TPSA) is 38.3 Å². The first-order valence-corrected chi connectivity index (χ1v) is 6.42. The number of hydrogen-bond acceptors (Lipinski definition) is 3. The van der Waals surface area contributed by atoms with Gasteiger partial charge in [0.05, 0.1) is 6.61 Å². The van der Waals surface area contributed by atoms with Gasteiger partial charge in [0.25, 0.3) is 0 Å². The fraction of sp³-hybridized carbons (Fsp3) is 0.533. The van der Waals surface area contributed by atoms with E-state index in [1.54, 1.807) is 0 Å². The van der Waals surface area contributed by atoms with E-state index in [0.717, 1.165) is 5.56 Å². The lowest BCUT2D eigenvalue weighted by Gasteiger charge is -2.31. The molecule has 0 spiro atoms. The number of nitrogens with one attached hydrogen (secondary N) is 1. The third-order valence-corrected chi connectivity index (χ3v) is 2.89. The quantitative estimate of drug-likeness (QED) is 0.815. The van der Waals surface area contributed by atoms with Crippen LogP contribution in [0.15, 0.2) is 24.3 Å². The predicted octanol–water partition coefficient (Wildman–Crippen LogP) is 2.77. The highest BCUT2D eigenvalue weighted by molar-refractivity contribution is 5.82. The second kappa shape index (κ2) is 6.01. The maximum absolute atomic E-state index is 12.2. The summed E-state index contributed by atoms with van der Waals surface area (Å²) in [6.07, 6.45) is 0. The van der Waals surface area contributed by atoms with Crippen LogP contribution in [0.2, 0.25) is 0 Å². The van der Waals surface area contributed by atoms with E-state index >= 15 is 0 Å². The van der Waals surface area contributed by atoms with E-state index in [1.165, 1.54) is 5.56 Å². The number of ether oxygens (including phenoxy) is 1. The summed E-state index contributed by atoms with van der Waals surface area (Å²) in [5, 5.41) is 3.30. The lowest BCUT2D eigenvalue weighted by atomic mass is 9.90. The van der Waals surface area contributed by atoms with Gasteiger partial charge < -0.3 is 4.74 Å². The summed E-state index contributed by atoms with van der Waals surface area (Å²) in [5.41, 5.74) is 1.31. The Balaban J connectivity index is 3.10. The van der Waals surface area contributed by atoms with E-state index in [1.807, 2.05) is 58.9 Å². The summed E-state index contributed by atoms with van der Waals surface area (Å²) in [6.45, 7) is 10.2. The first-order chi connectivity index (χ1) is 8.40. The van der Waals surface area contributed by atoms with Gasteiger partial charge in [-0.05, 0) is 40.2 Å². The highest BCUT2D eigenvalue weighted by Crippen LogP contribution is 2.23. The van der Waals surface area contributed by atoms with Crippen LogP contribution in [-0.4, -0.2) is 18.6 Å². The molecule has 1 aromatic carbocycles. The molecule has 0 saturated heterocycles. The second-order valence-corrected chi connectivity index (χ2v) is 5.01. The molecular formula is C15H23NO2. The molecule has 1 atom stereocenters. The molecule has 0 amide bonds. The second-order valence-electron chi connectivity index (χ2n) is 5.01. The molecule has 100 valence electrons. The van der Waals surface area contributed by atoms with Crippen molar-refractivity contribution < 1.29 is 9.53 Å². The number of aryl methyl sites for hydroxylation is 1. The zero-order valence-electron chi connectivity index (χ0n) is 11.9. The van der Waals surface area contributed by atoms with Gasteiger partial charge in [-0.2, -0.15) is 0 Å². The average Bonchev–Trinajstić information content (AvgIpc) is 2.29. The van der Waals surface area contributed by atoms with Crippen molar-refractivity contribution in [3.05, 3.63) is 35.4 Å². The van der Waals surface area contributed by atoms with Gasteiger partial charge >= 0.3 is 5.97 Å². The highest BCUT2D eigenvalue weighted by Gasteiger charge is 2.36. The third-order valence-electron chi connectivity index (χ3n) is 2.89. The van der Waals surface area contributed by atoms with Crippen molar-refractivity contribution >= 4 is 5.97 Å². The smallest absolute Gasteiger partial charge is 0.330 e. The van der Waals surface area contributed by atoms with Crippen molar-refractivity contribution in [3.8, 4) is 0 Å². The number of rotatable bonds is 5. The molecule has 0 aliphatic heterocycles. The van der Waals surface area contributed by atoms with Crippen molar-refractivity contribution in [2.24, 2.45) is 0 Å². The van der Waals surface area contributed by atoms with Crippen LogP contribution in [0.1, 0.15) is 38.8 Å². The molecule has 0 bridgehead atoms. The Labute approximate surface area is 110 Å². The summed E-state index contributed by atoms with van der Waals surface area (Å²) in [6, 6.07) is 8.16. The summed E-state index contributed by atoms with van der Waals surface area (Å²) in [7, 11) is 0. The van der Waals surface area contributed by atoms with Gasteiger partial charge in [-0.25, -0.2) is 4.79 Å². The molecule has 0 aliphatic carbocycles. The van der Waals surface area contributed by atoms with Crippen LogP contribution < -0.4 is 5.32 Å². The average molecular weight is 249 g/mol. The molecule has 18 heavy (non-hydrogen) atoms. The van der Waals surface area contributed by atoms with Crippen LogP contribution in [0.25, 0.3) is 0 Å². The molecule has 0 heterocycles. The largest absolute Gasteiger partial charge is 0.464 e. The molecule has 1 aromatic rings. The van der Waals surface area contributed by atoms with E-state index in [4.69, 9.17) is 4.74 Å². The number of carbonyl (C=O) groups is 1. The monoisotopic (exact) mass is 249 g/mol. The molecule has 3 nitrogen and oxygen atoms in total. The molecule has 0 aliphatic rings. The van der Waals surface area contributed by atoms with Crippen molar-refractivity contribution in [1.29, 1.82) is 0 Å². The van der Waals surface area contributed by atoms with Gasteiger partial charge in [-0.3, -0.25) is 5.32 Å². The minimum atomic E-state index is -0.794. The van der Waals surface area contributed by atoms with E-state index in [9.17, 15) is 4.79 Å². The van der Waals surface area contributed by atoms with Gasteiger partial charge in [-0.15, -0.1) is 0 Å². The molecule has 1 unspecified atom stereocenters. The van der Waals surface area contributed by atoms with Crippen molar-refractivity contribution in [1.82, 2.24) is 5.32 Å². The Bertz CT molecular complexity index is 397. The molecule has 1 rings (SSSR count). The van der Waals surface area contributed by atoms with Gasteiger partial charge in [-0.1, -0.05) is 29.8 Å². The number of benzene rings is 1. The van der Waals surface area contributed by atoms with Crippen molar-refractivity contribution in [2.75, 3.05) is 6.61 Å². The molecule has 0 radical (unpaired) electrons. The summed E-state index contributed by atoms with van der Waals surface area (Å²) >= 11 is 0. The molecule has 0 saturated carbocycles. The van der Waals surface area contributed by atoms with Crippen molar-refractivity contribution in [2.45, 2.75) is 46.2 Å². The Morgan fingerprint density at radius 3 is 2.33 bits per heavy atom. The summed E-state index contributed by atoms with van der Waals surface area (Å²) in [5.74, 6) is -0.234. The minimum absolute atomic E-state index is 0.195. The SMILES string of the molecule is CCOC(=O)C(C)(NC(C)C)c1ccc(C)cc1. The van der Waals surface area contributed by atoms with E-state index in [-0.39, 0.29) is 12.0 Å². The molecule has 1 N–H and O–H groups in total. The Morgan fingerprint density at radius 1 is 1.33 bits per heavy atom. The van der Waals surface area contributed by atoms with Crippen LogP contribution in [0.4, 0.5) is 0 Å². The minimum Gasteiger partial charge on any atom is -0.464 e. The highest BCUT2D eigenvalue weighted by atomic mass is 16.5. The zero-order chi connectivity index (χ0) is 13.8. The number of carbonyl (C=O) groups excluding carboxylic acids is 1. The normalized spacial score (nSPS) is 14.3. The van der Waals surface area contributed by atoms with E-state index in [0.29, 0.717) is 6.61 Å². The van der Waals surface area contributed by atoms with Crippen LogP contribution in [0.5, 0.6) is 0 Å². The van der Waals surface area contributed by atoms with Crippen molar-refractivity contribution in [3.63, 3.8) is 0 Å². The third kappa shape index (κ3) is 3.33. The molecule has 3 heteroatoms. The predicted molar refractivity (Wildman–Crippen MR) is 73.4 cm³/mol. The lowest BCUT2D eigenvalue weighted by Crippen LogP contribution is -2.50. The Kier molecular flexibility index (Phi) is 4.91. The number of esters is 1. The Morgan fingerprint density at radius 2 is 1.89 bits per heavy atom. The van der Waals surface area contributed by atoms with Gasteiger partial charge in [0, 0.05) is 6.04 Å². The zero-order valence-corrected chi connectivity index (χ0v) is 11.9. The van der Waals surface area contributed by atoms with Crippen LogP contribution in [-0.2, 0) is 15.1 Å². The van der Waals surface area contributed by atoms with E-state index < -0.39 is 5.54 Å². The fourth-order valence-corrected chi connectivity index (χ4v) is 2.00. The summed E-state index contributed by atoms with van der Waals surface area (Å²) < 4.78 is 5.19. The van der Waals surface area contributed by atoms with Gasteiger partial charge in [0.2, 0.25) is 0 Å². The fourth-order valence-electron chi connectivity index (χ4n) is 2.00.